The van der Waals surface area contributed by atoms with Crippen molar-refractivity contribution in [3.63, 3.8) is 0 Å². The van der Waals surface area contributed by atoms with Crippen LogP contribution in [0.5, 0.6) is 0 Å². The van der Waals surface area contributed by atoms with E-state index in [4.69, 9.17) is 0 Å². The first kappa shape index (κ1) is 18.4. The third-order valence-electron chi connectivity index (χ3n) is 4.23. The van der Waals surface area contributed by atoms with Gasteiger partial charge in [-0.25, -0.2) is 0 Å². The van der Waals surface area contributed by atoms with Gasteiger partial charge in [0.15, 0.2) is 5.69 Å². The zero-order chi connectivity index (χ0) is 17.9. The number of rotatable bonds is 5. The van der Waals surface area contributed by atoms with Gasteiger partial charge >= 0.3 is 0 Å². The molecule has 0 aromatic carbocycles. The highest BCUT2D eigenvalue weighted by Crippen LogP contribution is 2.23. The van der Waals surface area contributed by atoms with Gasteiger partial charge in [-0.1, -0.05) is 0 Å². The highest BCUT2D eigenvalue weighted by atomic mass is 16.3. The van der Waals surface area contributed by atoms with Crippen LogP contribution in [0.15, 0.2) is 6.07 Å². The van der Waals surface area contributed by atoms with E-state index in [-0.39, 0.29) is 18.4 Å². The third kappa shape index (κ3) is 4.33. The zero-order valence-corrected chi connectivity index (χ0v) is 14.9. The molecule has 1 saturated heterocycles. The van der Waals surface area contributed by atoms with Crippen LogP contribution in [-0.4, -0.2) is 82.9 Å². The third-order valence-corrected chi connectivity index (χ3v) is 4.23. The van der Waals surface area contributed by atoms with Crippen molar-refractivity contribution in [2.24, 2.45) is 0 Å². The predicted molar refractivity (Wildman–Crippen MR) is 89.7 cm³/mol. The summed E-state index contributed by atoms with van der Waals surface area (Å²) in [5.74, 6) is -0.371. The Morgan fingerprint density at radius 1 is 1.46 bits per heavy atom. The van der Waals surface area contributed by atoms with Gasteiger partial charge in [0.25, 0.3) is 5.91 Å². The van der Waals surface area contributed by atoms with E-state index in [2.05, 4.69) is 10.4 Å². The molecule has 0 bridgehead atoms. The average Bonchev–Trinajstić information content (AvgIpc) is 2.86. The Morgan fingerprint density at radius 2 is 2.17 bits per heavy atom. The van der Waals surface area contributed by atoms with Crippen LogP contribution in [0.25, 0.3) is 0 Å². The summed E-state index contributed by atoms with van der Waals surface area (Å²) in [7, 11) is 5.37. The SMILES string of the molecule is CNC(=O)Cn1nc(C(=O)N2CCC[C@@](O)(CN(C)C)C2)cc1C. The molecule has 24 heavy (non-hydrogen) atoms. The Bertz CT molecular complexity index is 613. The van der Waals surface area contributed by atoms with Crippen molar-refractivity contribution >= 4 is 11.8 Å². The van der Waals surface area contributed by atoms with Crippen LogP contribution in [0.3, 0.4) is 0 Å². The summed E-state index contributed by atoms with van der Waals surface area (Å²) >= 11 is 0. The van der Waals surface area contributed by atoms with Gasteiger partial charge in [0, 0.05) is 25.8 Å². The number of aliphatic hydroxyl groups is 1. The second-order valence-corrected chi connectivity index (χ2v) is 6.79. The Kier molecular flexibility index (Phi) is 5.61. The number of likely N-dealkylation sites (tertiary alicyclic amines) is 1. The van der Waals surface area contributed by atoms with Crippen LogP contribution in [0.1, 0.15) is 29.0 Å². The van der Waals surface area contributed by atoms with E-state index in [1.54, 1.807) is 18.0 Å². The fourth-order valence-corrected chi connectivity index (χ4v) is 3.16. The monoisotopic (exact) mass is 337 g/mol. The minimum absolute atomic E-state index is 0.0835. The minimum Gasteiger partial charge on any atom is -0.387 e. The highest BCUT2D eigenvalue weighted by molar-refractivity contribution is 5.92. The molecule has 134 valence electrons. The molecular weight excluding hydrogens is 310 g/mol. The number of likely N-dealkylation sites (N-methyl/N-ethyl adjacent to an activating group) is 2. The van der Waals surface area contributed by atoms with Gasteiger partial charge in [0.05, 0.1) is 12.1 Å². The first-order chi connectivity index (χ1) is 11.2. The molecule has 1 aromatic rings. The summed E-state index contributed by atoms with van der Waals surface area (Å²) in [6.45, 7) is 3.31. The Labute approximate surface area is 142 Å². The maximum Gasteiger partial charge on any atom is 0.274 e. The molecule has 0 radical (unpaired) electrons. The van der Waals surface area contributed by atoms with E-state index in [0.29, 0.717) is 31.7 Å². The van der Waals surface area contributed by atoms with Crippen LogP contribution >= 0.6 is 0 Å². The Morgan fingerprint density at radius 3 is 2.79 bits per heavy atom. The summed E-state index contributed by atoms with van der Waals surface area (Å²) in [6.07, 6.45) is 1.44. The van der Waals surface area contributed by atoms with Gasteiger partial charge < -0.3 is 20.2 Å². The van der Waals surface area contributed by atoms with Crippen LogP contribution in [0.2, 0.25) is 0 Å². The second-order valence-electron chi connectivity index (χ2n) is 6.79. The molecule has 0 unspecified atom stereocenters. The molecule has 2 N–H and O–H groups in total. The smallest absolute Gasteiger partial charge is 0.274 e. The molecule has 0 aliphatic carbocycles. The molecule has 2 rings (SSSR count). The molecule has 2 amide bonds. The Balaban J connectivity index is 2.11. The van der Waals surface area contributed by atoms with Gasteiger partial charge in [0.1, 0.15) is 6.54 Å². The maximum atomic E-state index is 12.7. The first-order valence-electron chi connectivity index (χ1n) is 8.15. The first-order valence-corrected chi connectivity index (χ1v) is 8.15. The summed E-state index contributed by atoms with van der Waals surface area (Å²) in [5.41, 5.74) is 0.171. The van der Waals surface area contributed by atoms with Crippen molar-refractivity contribution in [2.75, 3.05) is 40.8 Å². The summed E-state index contributed by atoms with van der Waals surface area (Å²) in [4.78, 5) is 27.8. The number of amides is 2. The van der Waals surface area contributed by atoms with Gasteiger partial charge in [-0.05, 0) is 39.9 Å². The molecule has 1 aliphatic heterocycles. The summed E-state index contributed by atoms with van der Waals surface area (Å²) in [5, 5.41) is 17.5. The van der Waals surface area contributed by atoms with E-state index < -0.39 is 5.60 Å². The van der Waals surface area contributed by atoms with Gasteiger partial charge in [-0.15, -0.1) is 0 Å². The summed E-state index contributed by atoms with van der Waals surface area (Å²) < 4.78 is 1.52. The van der Waals surface area contributed by atoms with Crippen LogP contribution in [0.4, 0.5) is 0 Å². The summed E-state index contributed by atoms with van der Waals surface area (Å²) in [6, 6.07) is 1.69. The van der Waals surface area contributed by atoms with E-state index in [9.17, 15) is 14.7 Å². The average molecular weight is 337 g/mol. The molecule has 1 aromatic heterocycles. The van der Waals surface area contributed by atoms with Crippen LogP contribution < -0.4 is 5.32 Å². The topological polar surface area (TPSA) is 90.7 Å². The normalized spacial score (nSPS) is 21.2. The maximum absolute atomic E-state index is 12.7. The van der Waals surface area contributed by atoms with Crippen molar-refractivity contribution in [1.29, 1.82) is 0 Å². The number of hydrogen-bond donors (Lipinski definition) is 2. The molecular formula is C16H27N5O3. The number of carbonyl (C=O) groups is 2. The highest BCUT2D eigenvalue weighted by Gasteiger charge is 2.36. The van der Waals surface area contributed by atoms with Crippen molar-refractivity contribution in [3.8, 4) is 0 Å². The lowest BCUT2D eigenvalue weighted by Gasteiger charge is -2.40. The Hall–Kier alpha value is -1.93. The zero-order valence-electron chi connectivity index (χ0n) is 14.9. The number of hydrogen-bond acceptors (Lipinski definition) is 5. The number of piperidine rings is 1. The lowest BCUT2D eigenvalue weighted by Crippen LogP contribution is -2.54. The fraction of sp³-hybridized carbons (Fsp3) is 0.688. The van der Waals surface area contributed by atoms with E-state index in [1.807, 2.05) is 25.9 Å². The molecule has 8 heteroatoms. The number of nitrogens with zero attached hydrogens (tertiary/aromatic N) is 4. The van der Waals surface area contributed by atoms with Crippen molar-refractivity contribution in [3.05, 3.63) is 17.5 Å². The molecule has 1 atom stereocenters. The largest absolute Gasteiger partial charge is 0.387 e. The van der Waals surface area contributed by atoms with Crippen molar-refractivity contribution in [2.45, 2.75) is 31.9 Å². The number of aromatic nitrogens is 2. The van der Waals surface area contributed by atoms with Gasteiger partial charge in [0.2, 0.25) is 5.91 Å². The lowest BCUT2D eigenvalue weighted by atomic mass is 9.92. The quantitative estimate of drug-likeness (QED) is 0.753. The minimum atomic E-state index is -0.892. The van der Waals surface area contributed by atoms with Crippen LogP contribution in [0, 0.1) is 6.92 Å². The van der Waals surface area contributed by atoms with E-state index in [1.165, 1.54) is 4.68 Å². The van der Waals surface area contributed by atoms with Crippen molar-refractivity contribution < 1.29 is 14.7 Å². The molecule has 0 saturated carbocycles. The number of β-amino-alcohol motifs (C(OH)–C–C–N with tert-alkyl or cyclic N) is 1. The van der Waals surface area contributed by atoms with Gasteiger partial charge in [-0.2, -0.15) is 5.10 Å². The number of carbonyl (C=O) groups excluding carboxylic acids is 2. The predicted octanol–water partition coefficient (Wildman–Crippen LogP) is -0.534. The standard InChI is InChI=1S/C16H27N5O3/c1-12-8-13(18-21(12)9-14(22)17-2)15(23)20-7-5-6-16(24,11-20)10-19(3)4/h8,24H,5-7,9-11H2,1-4H3,(H,17,22)/t16-/m1/s1. The molecule has 0 spiro atoms. The molecule has 1 fully saturated rings. The number of nitrogens with one attached hydrogen (secondary N) is 1. The fourth-order valence-electron chi connectivity index (χ4n) is 3.16. The van der Waals surface area contributed by atoms with Crippen molar-refractivity contribution in [1.82, 2.24) is 24.9 Å². The van der Waals surface area contributed by atoms with Crippen LogP contribution in [-0.2, 0) is 11.3 Å². The molecule has 8 nitrogen and oxygen atoms in total. The molecule has 1 aliphatic rings. The van der Waals surface area contributed by atoms with Gasteiger partial charge in [-0.3, -0.25) is 14.3 Å². The lowest BCUT2D eigenvalue weighted by molar-refractivity contribution is -0.121. The van der Waals surface area contributed by atoms with E-state index in [0.717, 1.165) is 12.1 Å². The van der Waals surface area contributed by atoms with E-state index >= 15 is 0 Å². The molecule has 2 heterocycles. The number of aryl methyl sites for hydroxylation is 1. The second kappa shape index (κ2) is 7.31.